The van der Waals surface area contributed by atoms with Crippen molar-refractivity contribution in [1.29, 1.82) is 0 Å². The zero-order valence-electron chi connectivity index (χ0n) is 17.2. The Kier molecular flexibility index (Phi) is 8.77. The Hall–Kier alpha value is -0.910. The summed E-state index contributed by atoms with van der Waals surface area (Å²) in [6.45, 7) is 3.91. The predicted molar refractivity (Wildman–Crippen MR) is 107 cm³/mol. The molecule has 2 atom stereocenters. The van der Waals surface area contributed by atoms with Crippen LogP contribution in [0.4, 0.5) is 13.2 Å². The van der Waals surface area contributed by atoms with Crippen LogP contribution in [0.2, 0.25) is 0 Å². The van der Waals surface area contributed by atoms with Crippen molar-refractivity contribution in [2.45, 2.75) is 103 Å². The summed E-state index contributed by atoms with van der Waals surface area (Å²) >= 11 is 0. The zero-order valence-corrected chi connectivity index (χ0v) is 17.2. The molecule has 0 bridgehead atoms. The number of halogens is 3. The fourth-order valence-corrected chi connectivity index (χ4v) is 5.43. The number of hydrogen-bond donors (Lipinski definition) is 0. The molecular weight excluding hydrogens is 345 g/mol. The lowest BCUT2D eigenvalue weighted by Crippen LogP contribution is -2.35. The lowest BCUT2D eigenvalue weighted by Gasteiger charge is -2.41. The molecule has 0 aliphatic heterocycles. The molecule has 0 spiro atoms. The van der Waals surface area contributed by atoms with Crippen LogP contribution in [0.25, 0.3) is 0 Å². The summed E-state index contributed by atoms with van der Waals surface area (Å²) in [4.78, 5) is 0. The van der Waals surface area contributed by atoms with Gasteiger partial charge in [0.2, 0.25) is 6.17 Å². The number of hydrogen-bond acceptors (Lipinski definition) is 0. The molecule has 2 saturated carbocycles. The number of allylic oxidation sites excluding steroid dienone is 2. The minimum Gasteiger partial charge on any atom is -0.244 e. The molecule has 154 valence electrons. The van der Waals surface area contributed by atoms with Crippen LogP contribution in [-0.2, 0) is 0 Å². The van der Waals surface area contributed by atoms with Gasteiger partial charge in [0, 0.05) is 0 Å². The molecule has 27 heavy (non-hydrogen) atoms. The fraction of sp³-hybridized carbons (Fsp3) is 0.833. The molecule has 0 radical (unpaired) electrons. The van der Waals surface area contributed by atoms with Crippen LogP contribution in [0, 0.1) is 36.0 Å². The Morgan fingerprint density at radius 3 is 2.19 bits per heavy atom. The van der Waals surface area contributed by atoms with Gasteiger partial charge in [0.05, 0.1) is 0 Å². The summed E-state index contributed by atoms with van der Waals surface area (Å²) in [5, 5.41) is 0. The SMILES string of the molecule is C#CC(F)/C(F)=C\CCC(C)(F)C1CCC(C2CCC(CCC)CC2)CC1. The van der Waals surface area contributed by atoms with E-state index >= 15 is 4.39 Å². The minimum absolute atomic E-state index is 0.0375. The molecule has 0 saturated heterocycles. The van der Waals surface area contributed by atoms with E-state index in [9.17, 15) is 8.78 Å². The first-order valence-corrected chi connectivity index (χ1v) is 11.0. The molecule has 0 amide bonds. The third-order valence-electron chi connectivity index (χ3n) is 7.24. The third kappa shape index (κ3) is 6.58. The molecule has 0 aromatic heterocycles. The highest BCUT2D eigenvalue weighted by Crippen LogP contribution is 2.46. The van der Waals surface area contributed by atoms with Crippen LogP contribution >= 0.6 is 0 Å². The van der Waals surface area contributed by atoms with Crippen molar-refractivity contribution >= 4 is 0 Å². The molecule has 2 aliphatic carbocycles. The molecule has 0 heterocycles. The highest BCUT2D eigenvalue weighted by Gasteiger charge is 2.38. The highest BCUT2D eigenvalue weighted by molar-refractivity contribution is 5.13. The normalized spacial score (nSPS) is 33.1. The average molecular weight is 383 g/mol. The van der Waals surface area contributed by atoms with E-state index in [0.717, 1.165) is 49.5 Å². The van der Waals surface area contributed by atoms with Gasteiger partial charge in [-0.05, 0) is 88.0 Å². The average Bonchev–Trinajstić information content (AvgIpc) is 2.68. The Morgan fingerprint density at radius 1 is 1.11 bits per heavy atom. The first kappa shape index (κ1) is 22.4. The first-order valence-electron chi connectivity index (χ1n) is 11.0. The maximum atomic E-state index is 15.1. The van der Waals surface area contributed by atoms with E-state index in [1.807, 2.05) is 0 Å². The lowest BCUT2D eigenvalue weighted by molar-refractivity contribution is 0.0400. The molecule has 2 unspecified atom stereocenters. The van der Waals surface area contributed by atoms with Crippen molar-refractivity contribution in [2.24, 2.45) is 23.7 Å². The second kappa shape index (κ2) is 10.6. The summed E-state index contributed by atoms with van der Waals surface area (Å²) < 4.78 is 41.5. The van der Waals surface area contributed by atoms with Gasteiger partial charge in [-0.2, -0.15) is 0 Å². The van der Waals surface area contributed by atoms with Gasteiger partial charge in [0.1, 0.15) is 11.5 Å². The molecule has 0 aromatic rings. The molecular formula is C24H37F3. The maximum Gasteiger partial charge on any atom is 0.211 e. The standard InChI is InChI=1S/C24H37F3/c1-4-7-18-9-11-19(12-10-18)20-13-15-21(16-14-20)24(3,27)17-6-8-23(26)22(25)5-2/h2,8,18-22H,4,6-7,9-17H2,1,3H3/b23-8+. The van der Waals surface area contributed by atoms with E-state index < -0.39 is 17.7 Å². The van der Waals surface area contributed by atoms with Crippen LogP contribution in [0.1, 0.15) is 90.9 Å². The molecule has 2 aliphatic rings. The van der Waals surface area contributed by atoms with E-state index in [4.69, 9.17) is 6.42 Å². The van der Waals surface area contributed by atoms with Gasteiger partial charge in [-0.3, -0.25) is 0 Å². The fourth-order valence-electron chi connectivity index (χ4n) is 5.43. The van der Waals surface area contributed by atoms with Gasteiger partial charge in [-0.1, -0.05) is 38.5 Å². The Morgan fingerprint density at radius 2 is 1.67 bits per heavy atom. The van der Waals surface area contributed by atoms with Gasteiger partial charge in [-0.15, -0.1) is 6.42 Å². The van der Waals surface area contributed by atoms with Crippen molar-refractivity contribution in [3.8, 4) is 12.3 Å². The number of alkyl halides is 2. The van der Waals surface area contributed by atoms with Gasteiger partial charge >= 0.3 is 0 Å². The van der Waals surface area contributed by atoms with E-state index in [1.165, 1.54) is 38.5 Å². The minimum atomic E-state index is -2.00. The Bertz CT molecular complexity index is 500. The molecule has 0 N–H and O–H groups in total. The third-order valence-corrected chi connectivity index (χ3v) is 7.24. The van der Waals surface area contributed by atoms with Crippen molar-refractivity contribution in [3.05, 3.63) is 11.9 Å². The maximum absolute atomic E-state index is 15.1. The van der Waals surface area contributed by atoms with Gasteiger partial charge < -0.3 is 0 Å². The number of terminal acetylenes is 1. The molecule has 2 fully saturated rings. The second-order valence-electron chi connectivity index (χ2n) is 9.12. The van der Waals surface area contributed by atoms with E-state index in [-0.39, 0.29) is 18.8 Å². The Balaban J connectivity index is 1.75. The van der Waals surface area contributed by atoms with E-state index in [1.54, 1.807) is 12.8 Å². The lowest BCUT2D eigenvalue weighted by atomic mass is 9.66. The summed E-state index contributed by atoms with van der Waals surface area (Å²) in [6.07, 6.45) is 16.7. The Labute approximate surface area is 164 Å². The second-order valence-corrected chi connectivity index (χ2v) is 9.12. The van der Waals surface area contributed by atoms with Crippen LogP contribution < -0.4 is 0 Å². The number of rotatable bonds is 8. The van der Waals surface area contributed by atoms with E-state index in [0.29, 0.717) is 0 Å². The van der Waals surface area contributed by atoms with Crippen molar-refractivity contribution in [2.75, 3.05) is 0 Å². The highest BCUT2D eigenvalue weighted by atomic mass is 19.2. The summed E-state index contributed by atoms with van der Waals surface area (Å²) in [6, 6.07) is 0. The van der Waals surface area contributed by atoms with Crippen LogP contribution in [0.3, 0.4) is 0 Å². The smallest absolute Gasteiger partial charge is 0.211 e. The predicted octanol–water partition coefficient (Wildman–Crippen LogP) is 7.73. The van der Waals surface area contributed by atoms with Crippen molar-refractivity contribution < 1.29 is 13.2 Å². The van der Waals surface area contributed by atoms with Gasteiger partial charge in [0.25, 0.3) is 0 Å². The largest absolute Gasteiger partial charge is 0.244 e. The van der Waals surface area contributed by atoms with Crippen LogP contribution in [-0.4, -0.2) is 11.8 Å². The zero-order chi connectivity index (χ0) is 19.9. The topological polar surface area (TPSA) is 0 Å². The monoisotopic (exact) mass is 382 g/mol. The van der Waals surface area contributed by atoms with Crippen LogP contribution in [0.5, 0.6) is 0 Å². The molecule has 0 aromatic carbocycles. The van der Waals surface area contributed by atoms with Crippen LogP contribution in [0.15, 0.2) is 11.9 Å². The summed E-state index contributed by atoms with van der Waals surface area (Å²) in [7, 11) is 0. The quantitative estimate of drug-likeness (QED) is 0.377. The van der Waals surface area contributed by atoms with Gasteiger partial charge in [0.15, 0.2) is 0 Å². The molecule has 0 nitrogen and oxygen atoms in total. The van der Waals surface area contributed by atoms with Gasteiger partial charge in [-0.25, -0.2) is 13.2 Å². The summed E-state index contributed by atoms with van der Waals surface area (Å²) in [5.41, 5.74) is -1.32. The molecule has 3 heteroatoms. The first-order chi connectivity index (χ1) is 12.9. The van der Waals surface area contributed by atoms with E-state index in [2.05, 4.69) is 6.92 Å². The van der Waals surface area contributed by atoms with Crippen molar-refractivity contribution in [3.63, 3.8) is 0 Å². The molecule has 2 rings (SSSR count). The summed E-state index contributed by atoms with van der Waals surface area (Å²) in [5.74, 6) is 3.33. The van der Waals surface area contributed by atoms with Crippen molar-refractivity contribution in [1.82, 2.24) is 0 Å².